The van der Waals surface area contributed by atoms with E-state index < -0.39 is 0 Å². The Morgan fingerprint density at radius 3 is 2.57 bits per heavy atom. The molecule has 0 radical (unpaired) electrons. The molecule has 120 valence electrons. The van der Waals surface area contributed by atoms with Crippen LogP contribution in [0.5, 0.6) is 0 Å². The molecule has 4 nitrogen and oxygen atoms in total. The molecule has 5 heteroatoms. The molecule has 2 aromatic rings. The SMILES string of the molecule is O=C(N[C@H]1CN2CCC1CC2)c1ccc(Sc2ccc[nH]2)cc1. The first kappa shape index (κ1) is 14.8. The fourth-order valence-electron chi connectivity index (χ4n) is 3.56. The molecule has 0 spiro atoms. The molecule has 23 heavy (non-hydrogen) atoms. The molecule has 1 aromatic carbocycles. The van der Waals surface area contributed by atoms with Gasteiger partial charge in [-0.1, -0.05) is 11.8 Å². The Kier molecular flexibility index (Phi) is 4.14. The van der Waals surface area contributed by atoms with Crippen molar-refractivity contribution >= 4 is 17.7 Å². The molecule has 3 aliphatic heterocycles. The van der Waals surface area contributed by atoms with Crippen LogP contribution >= 0.6 is 11.8 Å². The largest absolute Gasteiger partial charge is 0.356 e. The maximum absolute atomic E-state index is 12.5. The van der Waals surface area contributed by atoms with Gasteiger partial charge in [-0.25, -0.2) is 0 Å². The predicted octanol–water partition coefficient (Wildman–Crippen LogP) is 2.99. The number of carbonyl (C=O) groups is 1. The molecule has 0 aliphatic carbocycles. The molecule has 0 saturated carbocycles. The van der Waals surface area contributed by atoms with Crippen molar-refractivity contribution in [2.45, 2.75) is 28.8 Å². The van der Waals surface area contributed by atoms with Gasteiger partial charge in [-0.05, 0) is 68.2 Å². The molecular weight excluding hydrogens is 306 g/mol. The van der Waals surface area contributed by atoms with E-state index in [4.69, 9.17) is 0 Å². The number of benzene rings is 1. The molecule has 2 bridgehead atoms. The Morgan fingerprint density at radius 1 is 1.17 bits per heavy atom. The number of nitrogens with zero attached hydrogens (tertiary/aromatic N) is 1. The van der Waals surface area contributed by atoms with Crippen LogP contribution in [0.15, 0.2) is 52.5 Å². The van der Waals surface area contributed by atoms with E-state index in [2.05, 4.69) is 15.2 Å². The van der Waals surface area contributed by atoms with E-state index in [9.17, 15) is 4.79 Å². The molecule has 1 atom stereocenters. The van der Waals surface area contributed by atoms with Crippen LogP contribution in [0.25, 0.3) is 0 Å². The highest BCUT2D eigenvalue weighted by atomic mass is 32.2. The Bertz CT molecular complexity index is 660. The van der Waals surface area contributed by atoms with Crippen molar-refractivity contribution in [2.75, 3.05) is 19.6 Å². The predicted molar refractivity (Wildman–Crippen MR) is 91.8 cm³/mol. The van der Waals surface area contributed by atoms with Crippen molar-refractivity contribution in [1.29, 1.82) is 0 Å². The molecule has 4 heterocycles. The summed E-state index contributed by atoms with van der Waals surface area (Å²) in [6.45, 7) is 3.40. The number of H-pyrrole nitrogens is 1. The molecule has 1 amide bonds. The first-order valence-electron chi connectivity index (χ1n) is 8.22. The maximum atomic E-state index is 12.5. The van der Waals surface area contributed by atoms with E-state index in [0.29, 0.717) is 12.0 Å². The van der Waals surface area contributed by atoms with Gasteiger partial charge in [-0.15, -0.1) is 0 Å². The summed E-state index contributed by atoms with van der Waals surface area (Å²) < 4.78 is 0. The smallest absolute Gasteiger partial charge is 0.251 e. The number of hydrogen-bond donors (Lipinski definition) is 2. The molecule has 5 rings (SSSR count). The van der Waals surface area contributed by atoms with Crippen molar-refractivity contribution in [3.63, 3.8) is 0 Å². The third kappa shape index (κ3) is 3.31. The summed E-state index contributed by atoms with van der Waals surface area (Å²) in [6, 6.07) is 12.2. The monoisotopic (exact) mass is 327 g/mol. The van der Waals surface area contributed by atoms with Gasteiger partial charge in [-0.3, -0.25) is 4.79 Å². The third-order valence-corrected chi connectivity index (χ3v) is 5.87. The van der Waals surface area contributed by atoms with Crippen molar-refractivity contribution in [2.24, 2.45) is 5.92 Å². The lowest BCUT2D eigenvalue weighted by Gasteiger charge is -2.44. The zero-order valence-electron chi connectivity index (χ0n) is 13.0. The summed E-state index contributed by atoms with van der Waals surface area (Å²) in [5.41, 5.74) is 0.747. The minimum absolute atomic E-state index is 0.0557. The first-order chi connectivity index (χ1) is 11.3. The summed E-state index contributed by atoms with van der Waals surface area (Å²) >= 11 is 1.67. The third-order valence-electron chi connectivity index (χ3n) is 4.89. The second-order valence-electron chi connectivity index (χ2n) is 6.38. The van der Waals surface area contributed by atoms with Gasteiger partial charge in [0.1, 0.15) is 0 Å². The minimum Gasteiger partial charge on any atom is -0.356 e. The number of piperidine rings is 3. The van der Waals surface area contributed by atoms with E-state index in [1.807, 2.05) is 42.6 Å². The van der Waals surface area contributed by atoms with E-state index in [1.54, 1.807) is 11.8 Å². The minimum atomic E-state index is 0.0557. The summed E-state index contributed by atoms with van der Waals surface area (Å²) in [7, 11) is 0. The van der Waals surface area contributed by atoms with Gasteiger partial charge in [0.05, 0.1) is 5.03 Å². The van der Waals surface area contributed by atoms with Crippen LogP contribution in [0.2, 0.25) is 0 Å². The van der Waals surface area contributed by atoms with Crippen molar-refractivity contribution in [1.82, 2.24) is 15.2 Å². The Labute approximate surface area is 140 Å². The molecule has 0 unspecified atom stereocenters. The number of carbonyl (C=O) groups excluding carboxylic acids is 1. The number of aromatic nitrogens is 1. The van der Waals surface area contributed by atoms with Gasteiger partial charge < -0.3 is 15.2 Å². The van der Waals surface area contributed by atoms with E-state index in [0.717, 1.165) is 22.0 Å². The highest BCUT2D eigenvalue weighted by Gasteiger charge is 2.34. The van der Waals surface area contributed by atoms with Crippen LogP contribution in [0.1, 0.15) is 23.2 Å². The average Bonchev–Trinajstić information content (AvgIpc) is 3.09. The molecule has 2 N–H and O–H groups in total. The Hall–Kier alpha value is -1.72. The second kappa shape index (κ2) is 6.42. The summed E-state index contributed by atoms with van der Waals surface area (Å²) in [4.78, 5) is 19.2. The Morgan fingerprint density at radius 2 is 1.96 bits per heavy atom. The van der Waals surface area contributed by atoms with Crippen LogP contribution in [0.4, 0.5) is 0 Å². The number of rotatable bonds is 4. The molecule has 3 fully saturated rings. The average molecular weight is 327 g/mol. The number of hydrogen-bond acceptors (Lipinski definition) is 3. The molecule has 3 aliphatic rings. The number of aromatic amines is 1. The zero-order chi connectivity index (χ0) is 15.6. The molecule has 3 saturated heterocycles. The lowest BCUT2D eigenvalue weighted by molar-refractivity contribution is 0.0620. The van der Waals surface area contributed by atoms with Crippen LogP contribution in [-0.2, 0) is 0 Å². The lowest BCUT2D eigenvalue weighted by Crippen LogP contribution is -2.57. The van der Waals surface area contributed by atoms with E-state index >= 15 is 0 Å². The maximum Gasteiger partial charge on any atom is 0.251 e. The number of amides is 1. The van der Waals surface area contributed by atoms with Crippen molar-refractivity contribution < 1.29 is 4.79 Å². The number of fused-ring (bicyclic) bond motifs is 3. The highest BCUT2D eigenvalue weighted by molar-refractivity contribution is 7.99. The van der Waals surface area contributed by atoms with Crippen LogP contribution in [-0.4, -0.2) is 41.5 Å². The van der Waals surface area contributed by atoms with Gasteiger partial charge in [0, 0.05) is 29.2 Å². The number of nitrogens with one attached hydrogen (secondary N) is 2. The fraction of sp³-hybridized carbons (Fsp3) is 0.389. The van der Waals surface area contributed by atoms with Gasteiger partial charge in [0.2, 0.25) is 0 Å². The fourth-order valence-corrected chi connectivity index (χ4v) is 4.36. The molecule has 1 aromatic heterocycles. The van der Waals surface area contributed by atoms with Crippen molar-refractivity contribution in [3.8, 4) is 0 Å². The van der Waals surface area contributed by atoms with Crippen molar-refractivity contribution in [3.05, 3.63) is 48.2 Å². The van der Waals surface area contributed by atoms with Gasteiger partial charge >= 0.3 is 0 Å². The summed E-state index contributed by atoms with van der Waals surface area (Å²) in [6.07, 6.45) is 4.35. The summed E-state index contributed by atoms with van der Waals surface area (Å²) in [5, 5.41) is 4.34. The standard InChI is InChI=1S/C18H21N3OS/c22-18(20-16-12-21-10-7-13(16)8-11-21)14-3-5-15(6-4-14)23-17-2-1-9-19-17/h1-6,9,13,16,19H,7-8,10-12H2,(H,20,22)/t16-/m0/s1. The highest BCUT2D eigenvalue weighted by Crippen LogP contribution is 2.28. The molecular formula is C18H21N3OS. The quantitative estimate of drug-likeness (QED) is 0.907. The van der Waals surface area contributed by atoms with E-state index in [1.165, 1.54) is 25.9 Å². The first-order valence-corrected chi connectivity index (χ1v) is 9.04. The lowest BCUT2D eigenvalue weighted by atomic mass is 9.84. The van der Waals surface area contributed by atoms with Gasteiger partial charge in [-0.2, -0.15) is 0 Å². The van der Waals surface area contributed by atoms with Crippen LogP contribution in [0, 0.1) is 5.92 Å². The zero-order valence-corrected chi connectivity index (χ0v) is 13.8. The van der Waals surface area contributed by atoms with Crippen LogP contribution in [0.3, 0.4) is 0 Å². The topological polar surface area (TPSA) is 48.1 Å². The van der Waals surface area contributed by atoms with Crippen LogP contribution < -0.4 is 5.32 Å². The normalized spacial score (nSPS) is 26.2. The second-order valence-corrected chi connectivity index (χ2v) is 7.49. The van der Waals surface area contributed by atoms with Gasteiger partial charge in [0.15, 0.2) is 0 Å². The Balaban J connectivity index is 1.38. The van der Waals surface area contributed by atoms with Gasteiger partial charge in [0.25, 0.3) is 5.91 Å². The van der Waals surface area contributed by atoms with E-state index in [-0.39, 0.29) is 5.91 Å². The summed E-state index contributed by atoms with van der Waals surface area (Å²) in [5.74, 6) is 0.715.